The first kappa shape index (κ1) is 24.7. The normalized spacial score (nSPS) is 13.0. The van der Waals surface area contributed by atoms with Crippen molar-refractivity contribution in [3.63, 3.8) is 0 Å². The second-order valence-electron chi connectivity index (χ2n) is 9.73. The van der Waals surface area contributed by atoms with Crippen molar-refractivity contribution in [3.8, 4) is 0 Å². The summed E-state index contributed by atoms with van der Waals surface area (Å²) >= 11 is 0. The number of benzene rings is 2. The second kappa shape index (κ2) is 10.1. The average Bonchev–Trinajstić information content (AvgIpc) is 3.33. The minimum Gasteiger partial charge on any atom is -0.321 e. The maximum Gasteiger partial charge on any atom is 0.252 e. The summed E-state index contributed by atoms with van der Waals surface area (Å²) < 4.78 is 15.5. The number of nitrogens with zero attached hydrogens (tertiary/aromatic N) is 5. The summed E-state index contributed by atoms with van der Waals surface area (Å²) in [6.45, 7) is 11.3. The lowest BCUT2D eigenvalue weighted by atomic mass is 10.0. The highest BCUT2D eigenvalue weighted by Crippen LogP contribution is 2.30. The average molecular weight is 477 g/mol. The Hall–Kier alpha value is -3.39. The van der Waals surface area contributed by atoms with Crippen molar-refractivity contribution in [2.45, 2.75) is 72.1 Å². The van der Waals surface area contributed by atoms with Crippen LogP contribution >= 0.6 is 0 Å². The number of hydrogen-bond acceptors (Lipinski definition) is 5. The largest absolute Gasteiger partial charge is 0.321 e. The lowest BCUT2D eigenvalue weighted by Crippen LogP contribution is -2.36. The van der Waals surface area contributed by atoms with Crippen molar-refractivity contribution >= 4 is 10.9 Å². The van der Waals surface area contributed by atoms with Gasteiger partial charge in [0.05, 0.1) is 17.1 Å². The summed E-state index contributed by atoms with van der Waals surface area (Å²) in [7, 11) is 0. The van der Waals surface area contributed by atoms with E-state index in [1.807, 2.05) is 35.9 Å². The van der Waals surface area contributed by atoms with E-state index in [1.165, 1.54) is 12.1 Å². The van der Waals surface area contributed by atoms with E-state index in [-0.39, 0.29) is 23.0 Å². The van der Waals surface area contributed by atoms with Gasteiger partial charge in [0.25, 0.3) is 5.56 Å². The number of halogens is 1. The fourth-order valence-corrected chi connectivity index (χ4v) is 4.45. The van der Waals surface area contributed by atoms with Crippen molar-refractivity contribution in [3.05, 3.63) is 87.2 Å². The molecule has 2 aromatic carbocycles. The fourth-order valence-electron chi connectivity index (χ4n) is 4.45. The smallest absolute Gasteiger partial charge is 0.252 e. The van der Waals surface area contributed by atoms with Crippen molar-refractivity contribution in [1.29, 1.82) is 0 Å². The highest BCUT2D eigenvalue weighted by molar-refractivity contribution is 5.81. The van der Waals surface area contributed by atoms with Crippen LogP contribution in [0.2, 0.25) is 0 Å². The molecule has 35 heavy (non-hydrogen) atoms. The van der Waals surface area contributed by atoms with Gasteiger partial charge in [-0.05, 0) is 78.8 Å². The number of aromatic amines is 1. The Morgan fingerprint density at radius 2 is 1.86 bits per heavy atom. The zero-order valence-corrected chi connectivity index (χ0v) is 21.0. The van der Waals surface area contributed by atoms with Crippen molar-refractivity contribution < 1.29 is 4.39 Å². The third-order valence-electron chi connectivity index (χ3n) is 6.90. The molecule has 4 rings (SSSR count). The first-order valence-electron chi connectivity index (χ1n) is 12.1. The molecule has 8 heteroatoms. The number of tetrazole rings is 1. The highest BCUT2D eigenvalue weighted by Gasteiger charge is 2.31. The molecule has 0 fully saturated rings. The first-order chi connectivity index (χ1) is 16.7. The molecule has 0 radical (unpaired) electrons. The summed E-state index contributed by atoms with van der Waals surface area (Å²) in [5.41, 5.74) is 3.13. The topological polar surface area (TPSA) is 79.7 Å². The summed E-state index contributed by atoms with van der Waals surface area (Å²) in [6, 6.07) is 14.3. The molecule has 0 aliphatic rings. The van der Waals surface area contributed by atoms with Gasteiger partial charge in [-0.2, -0.15) is 0 Å². The SMILES string of the molecule is CC[C@@H](c1nnnn1C(C)(C)CC)N(Cc1ccc(F)cc1)Cc1cc2cccc(C)c2[nH]c1=O. The van der Waals surface area contributed by atoms with Gasteiger partial charge in [-0.25, -0.2) is 9.07 Å². The van der Waals surface area contributed by atoms with E-state index in [2.05, 4.69) is 53.1 Å². The van der Waals surface area contributed by atoms with Gasteiger partial charge in [0.1, 0.15) is 5.82 Å². The quantitative estimate of drug-likeness (QED) is 0.356. The zero-order valence-electron chi connectivity index (χ0n) is 21.0. The van der Waals surface area contributed by atoms with Crippen molar-refractivity contribution in [2.24, 2.45) is 0 Å². The standard InChI is InChI=1S/C27H33FN6O/c1-6-23(25-30-31-32-34(25)27(4,5)7-2)33(16-19-11-13-22(28)14-12-19)17-21-15-20-10-8-9-18(3)24(20)29-26(21)35/h8-15,23H,6-7,16-17H2,1-5H3,(H,29,35)/t23-/m0/s1. The summed E-state index contributed by atoms with van der Waals surface area (Å²) in [4.78, 5) is 18.4. The number of pyridine rings is 1. The van der Waals surface area contributed by atoms with Gasteiger partial charge in [-0.1, -0.05) is 44.2 Å². The summed E-state index contributed by atoms with van der Waals surface area (Å²) in [5.74, 6) is 0.483. The lowest BCUT2D eigenvalue weighted by molar-refractivity contribution is 0.150. The van der Waals surface area contributed by atoms with Gasteiger partial charge < -0.3 is 4.98 Å². The number of nitrogens with one attached hydrogen (secondary N) is 1. The number of aryl methyl sites for hydroxylation is 1. The molecule has 0 saturated carbocycles. The molecule has 1 atom stereocenters. The molecular formula is C27H33FN6O. The Morgan fingerprint density at radius 3 is 2.54 bits per heavy atom. The van der Waals surface area contributed by atoms with Gasteiger partial charge >= 0.3 is 0 Å². The van der Waals surface area contributed by atoms with Crippen LogP contribution in [0.25, 0.3) is 10.9 Å². The van der Waals surface area contributed by atoms with E-state index in [0.717, 1.165) is 40.7 Å². The highest BCUT2D eigenvalue weighted by atomic mass is 19.1. The molecule has 0 bridgehead atoms. The lowest BCUT2D eigenvalue weighted by Gasteiger charge is -2.33. The van der Waals surface area contributed by atoms with E-state index in [9.17, 15) is 9.18 Å². The summed E-state index contributed by atoms with van der Waals surface area (Å²) in [5, 5.41) is 13.7. The van der Waals surface area contributed by atoms with Crippen LogP contribution < -0.4 is 5.56 Å². The Labute approximate surface area is 205 Å². The predicted octanol–water partition coefficient (Wildman–Crippen LogP) is 5.26. The predicted molar refractivity (Wildman–Crippen MR) is 135 cm³/mol. The number of aromatic nitrogens is 5. The molecular weight excluding hydrogens is 443 g/mol. The number of H-pyrrole nitrogens is 1. The Bertz CT molecular complexity index is 1360. The molecule has 0 amide bonds. The van der Waals surface area contributed by atoms with Gasteiger partial charge in [-0.15, -0.1) is 5.10 Å². The number of hydrogen-bond donors (Lipinski definition) is 1. The minimum absolute atomic E-state index is 0.112. The van der Waals surface area contributed by atoms with Crippen LogP contribution in [0.1, 0.15) is 69.1 Å². The van der Waals surface area contributed by atoms with Crippen molar-refractivity contribution in [2.75, 3.05) is 0 Å². The monoisotopic (exact) mass is 476 g/mol. The van der Waals surface area contributed by atoms with Crippen molar-refractivity contribution in [1.82, 2.24) is 30.1 Å². The second-order valence-corrected chi connectivity index (χ2v) is 9.73. The molecule has 0 aliphatic carbocycles. The Morgan fingerprint density at radius 1 is 1.11 bits per heavy atom. The van der Waals surface area contributed by atoms with Gasteiger partial charge in [0.2, 0.25) is 0 Å². The van der Waals surface area contributed by atoms with E-state index in [0.29, 0.717) is 18.7 Å². The third-order valence-corrected chi connectivity index (χ3v) is 6.90. The zero-order chi connectivity index (χ0) is 25.2. The Kier molecular flexibility index (Phi) is 7.12. The van der Waals surface area contributed by atoms with Crippen LogP contribution in [0.15, 0.2) is 53.3 Å². The van der Waals surface area contributed by atoms with Crippen LogP contribution in [0.3, 0.4) is 0 Å². The molecule has 2 heterocycles. The van der Waals surface area contributed by atoms with E-state index in [4.69, 9.17) is 0 Å². The van der Waals surface area contributed by atoms with E-state index >= 15 is 0 Å². The van der Waals surface area contributed by atoms with Gasteiger partial charge in [0, 0.05) is 18.7 Å². The third kappa shape index (κ3) is 5.17. The molecule has 7 nitrogen and oxygen atoms in total. The minimum atomic E-state index is -0.276. The van der Waals surface area contributed by atoms with Gasteiger partial charge in [-0.3, -0.25) is 9.69 Å². The molecule has 0 spiro atoms. The number of rotatable bonds is 9. The maximum atomic E-state index is 13.6. The molecule has 0 saturated heterocycles. The molecule has 2 aromatic heterocycles. The van der Waals surface area contributed by atoms with Crippen LogP contribution in [-0.4, -0.2) is 30.1 Å². The Balaban J connectivity index is 1.78. The van der Waals surface area contributed by atoms with Crippen LogP contribution in [0, 0.1) is 12.7 Å². The molecule has 4 aromatic rings. The van der Waals surface area contributed by atoms with Crippen LogP contribution in [0.5, 0.6) is 0 Å². The fraction of sp³-hybridized carbons (Fsp3) is 0.407. The van der Waals surface area contributed by atoms with E-state index in [1.54, 1.807) is 12.1 Å². The van der Waals surface area contributed by atoms with Crippen LogP contribution in [-0.2, 0) is 18.6 Å². The molecule has 0 aliphatic heterocycles. The number of fused-ring (bicyclic) bond motifs is 1. The first-order valence-corrected chi connectivity index (χ1v) is 12.1. The summed E-state index contributed by atoms with van der Waals surface area (Å²) in [6.07, 6.45) is 1.61. The van der Waals surface area contributed by atoms with Crippen LogP contribution in [0.4, 0.5) is 4.39 Å². The molecule has 0 unspecified atom stereocenters. The molecule has 184 valence electrons. The van der Waals surface area contributed by atoms with E-state index < -0.39 is 0 Å². The van der Waals surface area contributed by atoms with Gasteiger partial charge in [0.15, 0.2) is 5.82 Å². The maximum absolute atomic E-state index is 13.6. The number of para-hydroxylation sites is 1. The molecule has 1 N–H and O–H groups in total.